The van der Waals surface area contributed by atoms with Crippen LogP contribution in [0.5, 0.6) is 0 Å². The molecule has 0 aromatic heterocycles. The van der Waals surface area contributed by atoms with E-state index in [-0.39, 0.29) is 12.6 Å². The van der Waals surface area contributed by atoms with E-state index in [1.54, 1.807) is 11.8 Å². The fourth-order valence-electron chi connectivity index (χ4n) is 1.36. The predicted octanol–water partition coefficient (Wildman–Crippen LogP) is 0.513. The number of hydrogen-bond donors (Lipinski definition) is 2. The first kappa shape index (κ1) is 10.8. The van der Waals surface area contributed by atoms with Gasteiger partial charge >= 0.3 is 12.0 Å². The normalized spacial score (nSPS) is 17.9. The fraction of sp³-hybridized carbons (Fsp3) is 0.778. The zero-order valence-corrected chi connectivity index (χ0v) is 8.32. The highest BCUT2D eigenvalue weighted by Crippen LogP contribution is 2.06. The third-order valence-corrected chi connectivity index (χ3v) is 2.37. The van der Waals surface area contributed by atoms with Crippen molar-refractivity contribution in [3.63, 3.8) is 0 Å². The van der Waals surface area contributed by atoms with E-state index in [1.165, 1.54) is 0 Å². The number of carboxylic acids is 1. The lowest BCUT2D eigenvalue weighted by Gasteiger charge is -2.17. The maximum atomic E-state index is 11.4. The Balaban J connectivity index is 2.23. The van der Waals surface area contributed by atoms with Crippen molar-refractivity contribution in [2.45, 2.75) is 19.8 Å². The van der Waals surface area contributed by atoms with Crippen molar-refractivity contribution in [1.29, 1.82) is 0 Å². The number of rotatable bonds is 3. The number of hydrogen-bond acceptors (Lipinski definition) is 2. The largest absolute Gasteiger partial charge is 0.481 e. The van der Waals surface area contributed by atoms with Crippen LogP contribution in [0.15, 0.2) is 0 Å². The standard InChI is InChI=1S/C9H16N2O3/c1-7(8(12)13)6-10-9(14)11-4-2-3-5-11/h7H,2-6H2,1H3,(H,10,14)(H,12,13). The summed E-state index contributed by atoms with van der Waals surface area (Å²) in [6.07, 6.45) is 2.09. The zero-order chi connectivity index (χ0) is 10.6. The predicted molar refractivity (Wildman–Crippen MR) is 51.0 cm³/mol. The van der Waals surface area contributed by atoms with Crippen molar-refractivity contribution in [2.75, 3.05) is 19.6 Å². The Labute approximate surface area is 83.1 Å². The summed E-state index contributed by atoms with van der Waals surface area (Å²) >= 11 is 0. The molecule has 0 aliphatic carbocycles. The summed E-state index contributed by atoms with van der Waals surface area (Å²) in [5.74, 6) is -1.41. The van der Waals surface area contributed by atoms with Crippen molar-refractivity contribution < 1.29 is 14.7 Å². The number of aliphatic carboxylic acids is 1. The van der Waals surface area contributed by atoms with Crippen LogP contribution < -0.4 is 5.32 Å². The van der Waals surface area contributed by atoms with Gasteiger partial charge in [0.25, 0.3) is 0 Å². The second-order valence-electron chi connectivity index (χ2n) is 3.62. The van der Waals surface area contributed by atoms with Crippen LogP contribution >= 0.6 is 0 Å². The lowest BCUT2D eigenvalue weighted by molar-refractivity contribution is -0.140. The summed E-state index contributed by atoms with van der Waals surface area (Å²) in [6, 6.07) is -0.143. The smallest absolute Gasteiger partial charge is 0.317 e. The van der Waals surface area contributed by atoms with Crippen LogP contribution in [0.25, 0.3) is 0 Å². The number of carbonyl (C=O) groups excluding carboxylic acids is 1. The molecule has 1 aliphatic rings. The van der Waals surface area contributed by atoms with Crippen LogP contribution in [0.4, 0.5) is 4.79 Å². The topological polar surface area (TPSA) is 69.6 Å². The Bertz CT molecular complexity index is 224. The van der Waals surface area contributed by atoms with E-state index in [0.29, 0.717) is 0 Å². The Hall–Kier alpha value is -1.26. The van der Waals surface area contributed by atoms with E-state index < -0.39 is 11.9 Å². The first-order chi connectivity index (χ1) is 6.61. The van der Waals surface area contributed by atoms with Gasteiger partial charge in [0, 0.05) is 19.6 Å². The molecule has 0 aromatic carbocycles. The lowest BCUT2D eigenvalue weighted by Crippen LogP contribution is -2.40. The maximum Gasteiger partial charge on any atom is 0.317 e. The molecule has 0 saturated carbocycles. The Morgan fingerprint density at radius 2 is 2.00 bits per heavy atom. The molecular weight excluding hydrogens is 184 g/mol. The van der Waals surface area contributed by atoms with Crippen LogP contribution in [0, 0.1) is 5.92 Å². The number of carbonyl (C=O) groups is 2. The van der Waals surface area contributed by atoms with Gasteiger partial charge in [-0.2, -0.15) is 0 Å². The minimum atomic E-state index is -0.883. The summed E-state index contributed by atoms with van der Waals surface area (Å²) in [4.78, 5) is 23.6. The summed E-state index contributed by atoms with van der Waals surface area (Å²) in [5, 5.41) is 11.2. The van der Waals surface area contributed by atoms with Gasteiger partial charge in [-0.05, 0) is 12.8 Å². The second-order valence-corrected chi connectivity index (χ2v) is 3.62. The molecule has 1 atom stereocenters. The molecule has 1 fully saturated rings. The summed E-state index contributed by atoms with van der Waals surface area (Å²) in [5.41, 5.74) is 0. The van der Waals surface area contributed by atoms with Crippen LogP contribution in [-0.4, -0.2) is 41.6 Å². The van der Waals surface area contributed by atoms with Crippen molar-refractivity contribution >= 4 is 12.0 Å². The van der Waals surface area contributed by atoms with Crippen molar-refractivity contribution in [3.05, 3.63) is 0 Å². The molecule has 0 spiro atoms. The molecule has 1 unspecified atom stereocenters. The molecule has 1 saturated heterocycles. The first-order valence-electron chi connectivity index (χ1n) is 4.87. The summed E-state index contributed by atoms with van der Waals surface area (Å²) in [7, 11) is 0. The highest BCUT2D eigenvalue weighted by atomic mass is 16.4. The minimum Gasteiger partial charge on any atom is -0.481 e. The monoisotopic (exact) mass is 200 g/mol. The van der Waals surface area contributed by atoms with E-state index in [2.05, 4.69) is 5.32 Å². The number of amides is 2. The van der Waals surface area contributed by atoms with Gasteiger partial charge in [-0.1, -0.05) is 6.92 Å². The third-order valence-electron chi connectivity index (χ3n) is 2.37. The molecule has 80 valence electrons. The average Bonchev–Trinajstić information content (AvgIpc) is 2.66. The highest BCUT2D eigenvalue weighted by molar-refractivity contribution is 5.76. The van der Waals surface area contributed by atoms with Gasteiger partial charge < -0.3 is 15.3 Å². The van der Waals surface area contributed by atoms with Gasteiger partial charge in [0.1, 0.15) is 0 Å². The lowest BCUT2D eigenvalue weighted by atomic mass is 10.2. The van der Waals surface area contributed by atoms with Crippen molar-refractivity contribution in [2.24, 2.45) is 5.92 Å². The van der Waals surface area contributed by atoms with Gasteiger partial charge in [-0.15, -0.1) is 0 Å². The average molecular weight is 200 g/mol. The van der Waals surface area contributed by atoms with Gasteiger partial charge in [-0.25, -0.2) is 4.79 Å². The van der Waals surface area contributed by atoms with Gasteiger partial charge in [0.05, 0.1) is 5.92 Å². The zero-order valence-electron chi connectivity index (χ0n) is 8.32. The second kappa shape index (κ2) is 4.83. The van der Waals surface area contributed by atoms with E-state index in [1.807, 2.05) is 0 Å². The fourth-order valence-corrected chi connectivity index (χ4v) is 1.36. The molecular formula is C9H16N2O3. The quantitative estimate of drug-likeness (QED) is 0.697. The molecule has 0 aromatic rings. The molecule has 1 heterocycles. The van der Waals surface area contributed by atoms with Gasteiger partial charge in [-0.3, -0.25) is 4.79 Å². The van der Waals surface area contributed by atoms with Crippen molar-refractivity contribution in [3.8, 4) is 0 Å². The summed E-state index contributed by atoms with van der Waals surface area (Å²) < 4.78 is 0. The van der Waals surface area contributed by atoms with Crippen molar-refractivity contribution in [1.82, 2.24) is 10.2 Å². The maximum absolute atomic E-state index is 11.4. The minimum absolute atomic E-state index is 0.143. The Morgan fingerprint density at radius 3 is 2.50 bits per heavy atom. The highest BCUT2D eigenvalue weighted by Gasteiger charge is 2.19. The molecule has 1 rings (SSSR count). The Morgan fingerprint density at radius 1 is 1.43 bits per heavy atom. The van der Waals surface area contributed by atoms with E-state index in [0.717, 1.165) is 25.9 Å². The SMILES string of the molecule is CC(CNC(=O)N1CCCC1)C(=O)O. The first-order valence-corrected chi connectivity index (χ1v) is 4.87. The van der Waals surface area contributed by atoms with E-state index >= 15 is 0 Å². The molecule has 0 bridgehead atoms. The third kappa shape index (κ3) is 2.90. The van der Waals surface area contributed by atoms with Crippen LogP contribution in [-0.2, 0) is 4.79 Å². The molecule has 5 heteroatoms. The molecule has 14 heavy (non-hydrogen) atoms. The van der Waals surface area contributed by atoms with Crippen LogP contribution in [0.2, 0.25) is 0 Å². The van der Waals surface area contributed by atoms with E-state index in [9.17, 15) is 9.59 Å². The number of nitrogens with one attached hydrogen (secondary N) is 1. The van der Waals surface area contributed by atoms with Crippen LogP contribution in [0.1, 0.15) is 19.8 Å². The van der Waals surface area contributed by atoms with E-state index in [4.69, 9.17) is 5.11 Å². The Kier molecular flexibility index (Phi) is 3.73. The molecule has 2 N–H and O–H groups in total. The molecule has 1 aliphatic heterocycles. The number of nitrogens with zero attached hydrogens (tertiary/aromatic N) is 1. The summed E-state index contributed by atoms with van der Waals surface area (Å²) in [6.45, 7) is 3.35. The van der Waals surface area contributed by atoms with Gasteiger partial charge in [0.15, 0.2) is 0 Å². The number of likely N-dealkylation sites (tertiary alicyclic amines) is 1. The number of carboxylic acid groups (broad SMARTS) is 1. The van der Waals surface area contributed by atoms with Gasteiger partial charge in [0.2, 0.25) is 0 Å². The molecule has 2 amide bonds. The molecule has 0 radical (unpaired) electrons. The van der Waals surface area contributed by atoms with Crippen LogP contribution in [0.3, 0.4) is 0 Å². The molecule has 5 nitrogen and oxygen atoms in total. The number of urea groups is 1.